The Bertz CT molecular complexity index is 932. The molecule has 2 N–H and O–H groups in total. The molecule has 1 heterocycles. The lowest BCUT2D eigenvalue weighted by molar-refractivity contribution is 0.101. The largest absolute Gasteiger partial charge is 0.339 e. The van der Waals surface area contributed by atoms with Crippen molar-refractivity contribution in [1.82, 2.24) is 9.97 Å². The van der Waals surface area contributed by atoms with Crippen LogP contribution in [0.15, 0.2) is 30.5 Å². The number of benzene rings is 1. The number of nitriles is 1. The molecule has 1 aliphatic rings. The van der Waals surface area contributed by atoms with Gasteiger partial charge in [0.25, 0.3) is 5.91 Å². The summed E-state index contributed by atoms with van der Waals surface area (Å²) in [5.41, 5.74) is 3.38. The second-order valence-electron chi connectivity index (χ2n) is 7.16. The van der Waals surface area contributed by atoms with E-state index >= 15 is 0 Å². The topological polar surface area (TPSA) is 98.6 Å². The summed E-state index contributed by atoms with van der Waals surface area (Å²) in [6.45, 7) is 4.45. The maximum Gasteiger partial charge on any atom is 0.291 e. The van der Waals surface area contributed by atoms with Gasteiger partial charge in [0.1, 0.15) is 6.07 Å². The minimum atomic E-state index is -0.438. The van der Waals surface area contributed by atoms with Crippen molar-refractivity contribution in [2.24, 2.45) is 5.41 Å². The van der Waals surface area contributed by atoms with E-state index in [1.807, 2.05) is 12.4 Å². The molecule has 26 heavy (non-hydrogen) atoms. The number of anilines is 1. The Balaban J connectivity index is 1.92. The second kappa shape index (κ2) is 6.96. The third-order valence-corrected chi connectivity index (χ3v) is 4.61. The molecule has 0 atom stereocenters. The van der Waals surface area contributed by atoms with Crippen molar-refractivity contribution >= 4 is 23.5 Å². The summed E-state index contributed by atoms with van der Waals surface area (Å²) in [6, 6.07) is 6.93. The van der Waals surface area contributed by atoms with Crippen LogP contribution in [0.5, 0.6) is 0 Å². The number of H-pyrrole nitrogens is 1. The fraction of sp³-hybridized carbons (Fsp3) is 0.300. The van der Waals surface area contributed by atoms with Crippen LogP contribution in [0.3, 0.4) is 0 Å². The molecule has 0 saturated carbocycles. The Kier molecular flexibility index (Phi) is 4.72. The summed E-state index contributed by atoms with van der Waals surface area (Å²) < 4.78 is 0. The molecule has 1 aliphatic carbocycles. The SMILES string of the molecule is CC1(C)CC=C(c2cc([C]=O)ccc2NC(=O)c2nc(C#N)c[nH]2)CC1. The molecule has 1 amide bonds. The van der Waals surface area contributed by atoms with Crippen molar-refractivity contribution in [3.63, 3.8) is 0 Å². The van der Waals surface area contributed by atoms with Gasteiger partial charge in [-0.2, -0.15) is 5.26 Å². The number of amides is 1. The van der Waals surface area contributed by atoms with Crippen LogP contribution in [0.25, 0.3) is 5.57 Å². The molecule has 2 aromatic rings. The van der Waals surface area contributed by atoms with Crippen LogP contribution in [0, 0.1) is 16.7 Å². The highest BCUT2D eigenvalue weighted by Gasteiger charge is 2.24. The molecule has 0 saturated heterocycles. The van der Waals surface area contributed by atoms with Gasteiger partial charge >= 0.3 is 0 Å². The molecule has 0 fully saturated rings. The molecule has 0 bridgehead atoms. The van der Waals surface area contributed by atoms with E-state index in [0.717, 1.165) is 30.4 Å². The molecule has 6 nitrogen and oxygen atoms in total. The molecule has 1 radical (unpaired) electrons. The van der Waals surface area contributed by atoms with Gasteiger partial charge in [-0.1, -0.05) is 19.9 Å². The molecular formula is C20H19N4O2. The average Bonchev–Trinajstić information content (AvgIpc) is 3.11. The van der Waals surface area contributed by atoms with E-state index in [2.05, 4.69) is 35.2 Å². The average molecular weight is 347 g/mol. The summed E-state index contributed by atoms with van der Waals surface area (Å²) >= 11 is 0. The number of carbonyl (C=O) groups excluding carboxylic acids is 2. The zero-order valence-corrected chi connectivity index (χ0v) is 14.7. The highest BCUT2D eigenvalue weighted by molar-refractivity contribution is 6.03. The first-order valence-electron chi connectivity index (χ1n) is 8.40. The first-order chi connectivity index (χ1) is 12.4. The second-order valence-corrected chi connectivity index (χ2v) is 7.16. The number of nitrogens with one attached hydrogen (secondary N) is 2. The Morgan fingerprint density at radius 1 is 1.38 bits per heavy atom. The first kappa shape index (κ1) is 17.6. The number of allylic oxidation sites excluding steroid dienone is 2. The maximum absolute atomic E-state index is 12.4. The van der Waals surface area contributed by atoms with Gasteiger partial charge in [0.2, 0.25) is 6.29 Å². The standard InChI is InChI=1S/C20H19N4O2/c1-20(2)7-5-14(6-8-20)16-9-13(12-25)3-4-17(16)24-19(26)18-22-11-15(10-21)23-18/h3-5,9,11H,6-8H2,1-2H3,(H,22,23)(H,24,26). The van der Waals surface area contributed by atoms with E-state index in [1.165, 1.54) is 6.20 Å². The van der Waals surface area contributed by atoms with Crippen molar-refractivity contribution < 1.29 is 9.59 Å². The Morgan fingerprint density at radius 3 is 2.81 bits per heavy atom. The van der Waals surface area contributed by atoms with E-state index in [-0.39, 0.29) is 16.9 Å². The molecule has 6 heteroatoms. The Labute approximate surface area is 152 Å². The number of aromatic nitrogens is 2. The summed E-state index contributed by atoms with van der Waals surface area (Å²) in [4.78, 5) is 30.1. The van der Waals surface area contributed by atoms with Gasteiger partial charge in [-0.25, -0.2) is 4.98 Å². The highest BCUT2D eigenvalue weighted by atomic mass is 16.2. The number of carbonyl (C=O) groups is 1. The van der Waals surface area contributed by atoms with Gasteiger partial charge in [-0.3, -0.25) is 9.59 Å². The van der Waals surface area contributed by atoms with Crippen molar-refractivity contribution in [2.75, 3.05) is 5.32 Å². The minimum Gasteiger partial charge on any atom is -0.339 e. The molecule has 0 unspecified atom stereocenters. The zero-order chi connectivity index (χ0) is 18.7. The van der Waals surface area contributed by atoms with Crippen molar-refractivity contribution in [3.8, 4) is 6.07 Å². The summed E-state index contributed by atoms with van der Waals surface area (Å²) in [5, 5.41) is 11.6. The molecular weight excluding hydrogens is 328 g/mol. The summed E-state index contributed by atoms with van der Waals surface area (Å²) in [5.74, 6) is -0.371. The van der Waals surface area contributed by atoms with E-state index in [4.69, 9.17) is 5.26 Å². The van der Waals surface area contributed by atoms with Crippen LogP contribution in [0.2, 0.25) is 0 Å². The third kappa shape index (κ3) is 3.72. The Hall–Kier alpha value is -3.20. The predicted molar refractivity (Wildman–Crippen MR) is 98.1 cm³/mol. The van der Waals surface area contributed by atoms with Crippen molar-refractivity contribution in [3.05, 3.63) is 53.1 Å². The van der Waals surface area contributed by atoms with Gasteiger partial charge in [-0.15, -0.1) is 0 Å². The van der Waals surface area contributed by atoms with Crippen molar-refractivity contribution in [1.29, 1.82) is 5.26 Å². The van der Waals surface area contributed by atoms with E-state index in [0.29, 0.717) is 11.3 Å². The molecule has 0 spiro atoms. The van der Waals surface area contributed by atoms with Crippen LogP contribution in [-0.2, 0) is 4.79 Å². The fourth-order valence-electron chi connectivity index (χ4n) is 2.98. The lowest BCUT2D eigenvalue weighted by Crippen LogP contribution is -2.17. The van der Waals surface area contributed by atoms with Crippen LogP contribution in [-0.4, -0.2) is 22.2 Å². The van der Waals surface area contributed by atoms with Crippen LogP contribution >= 0.6 is 0 Å². The molecule has 131 valence electrons. The molecule has 3 rings (SSSR count). The van der Waals surface area contributed by atoms with Crippen LogP contribution in [0.1, 0.15) is 60.5 Å². The summed E-state index contributed by atoms with van der Waals surface area (Å²) in [6.07, 6.45) is 8.30. The lowest BCUT2D eigenvalue weighted by atomic mass is 9.76. The van der Waals surface area contributed by atoms with Gasteiger partial charge in [-0.05, 0) is 48.4 Å². The number of aromatic amines is 1. The predicted octanol–water partition coefficient (Wildman–Crippen LogP) is 3.58. The first-order valence-corrected chi connectivity index (χ1v) is 8.40. The zero-order valence-electron chi connectivity index (χ0n) is 14.7. The van der Waals surface area contributed by atoms with Crippen molar-refractivity contribution in [2.45, 2.75) is 33.1 Å². The van der Waals surface area contributed by atoms with Gasteiger partial charge < -0.3 is 10.3 Å². The summed E-state index contributed by atoms with van der Waals surface area (Å²) in [7, 11) is 0. The fourth-order valence-corrected chi connectivity index (χ4v) is 2.98. The number of hydrogen-bond acceptors (Lipinski definition) is 4. The third-order valence-electron chi connectivity index (χ3n) is 4.61. The molecule has 0 aliphatic heterocycles. The minimum absolute atomic E-state index is 0.0669. The quantitative estimate of drug-likeness (QED) is 0.883. The monoisotopic (exact) mass is 347 g/mol. The molecule has 1 aromatic carbocycles. The normalized spacial score (nSPS) is 15.7. The van der Waals surface area contributed by atoms with E-state index in [1.54, 1.807) is 18.2 Å². The smallest absolute Gasteiger partial charge is 0.291 e. The number of rotatable bonds is 4. The highest BCUT2D eigenvalue weighted by Crippen LogP contribution is 2.40. The van der Waals surface area contributed by atoms with Crippen LogP contribution in [0.4, 0.5) is 5.69 Å². The van der Waals surface area contributed by atoms with E-state index in [9.17, 15) is 9.59 Å². The maximum atomic E-state index is 12.4. The number of hydrogen-bond donors (Lipinski definition) is 2. The van der Waals surface area contributed by atoms with Crippen LogP contribution < -0.4 is 5.32 Å². The van der Waals surface area contributed by atoms with Gasteiger partial charge in [0.15, 0.2) is 11.5 Å². The number of nitrogens with zero attached hydrogens (tertiary/aromatic N) is 2. The van der Waals surface area contributed by atoms with Gasteiger partial charge in [0, 0.05) is 23.0 Å². The molecule has 1 aromatic heterocycles. The lowest BCUT2D eigenvalue weighted by Gasteiger charge is -2.29. The van der Waals surface area contributed by atoms with E-state index < -0.39 is 5.91 Å². The number of imidazole rings is 1. The Morgan fingerprint density at radius 2 is 2.19 bits per heavy atom. The van der Waals surface area contributed by atoms with Gasteiger partial charge in [0.05, 0.1) is 0 Å².